The van der Waals surface area contributed by atoms with E-state index in [-0.39, 0.29) is 5.56 Å². The van der Waals surface area contributed by atoms with Crippen LogP contribution in [0.1, 0.15) is 23.9 Å². The van der Waals surface area contributed by atoms with Gasteiger partial charge in [-0.25, -0.2) is 9.97 Å². The molecule has 0 radical (unpaired) electrons. The molecule has 0 saturated carbocycles. The molecule has 1 aromatic carbocycles. The van der Waals surface area contributed by atoms with Crippen LogP contribution in [0.25, 0.3) is 0 Å². The van der Waals surface area contributed by atoms with Crippen LogP contribution in [0, 0.1) is 6.92 Å². The van der Waals surface area contributed by atoms with E-state index in [0.29, 0.717) is 48.3 Å². The van der Waals surface area contributed by atoms with Gasteiger partial charge >= 0.3 is 0 Å². The van der Waals surface area contributed by atoms with E-state index in [4.69, 9.17) is 9.47 Å². The summed E-state index contributed by atoms with van der Waals surface area (Å²) in [7, 11) is 1.82. The van der Waals surface area contributed by atoms with Gasteiger partial charge in [0.2, 0.25) is 0 Å². The zero-order chi connectivity index (χ0) is 19.2. The minimum Gasteiger partial charge on any atom is -0.464 e. The Morgan fingerprint density at radius 3 is 2.44 bits per heavy atom. The van der Waals surface area contributed by atoms with E-state index >= 15 is 0 Å². The maximum Gasteiger partial charge on any atom is 0.299 e. The van der Waals surface area contributed by atoms with Crippen LogP contribution < -0.4 is 15.0 Å². The third-order valence-electron chi connectivity index (χ3n) is 4.04. The van der Waals surface area contributed by atoms with E-state index in [1.54, 1.807) is 23.2 Å². The molecule has 0 atom stereocenters. The molecule has 140 valence electrons. The monoisotopic (exact) mass is 366 g/mol. The number of aryl methyl sites for hydroxylation is 3. The lowest BCUT2D eigenvalue weighted by Crippen LogP contribution is -2.19. The molecule has 0 amide bonds. The lowest BCUT2D eigenvalue weighted by molar-refractivity contribution is 0.281. The van der Waals surface area contributed by atoms with Crippen LogP contribution in [-0.2, 0) is 19.9 Å². The topological polar surface area (TPSA) is 79.1 Å². The second-order valence-corrected chi connectivity index (χ2v) is 6.13. The Balaban J connectivity index is 1.55. The summed E-state index contributed by atoms with van der Waals surface area (Å²) in [5.74, 6) is 2.01. The van der Waals surface area contributed by atoms with Crippen LogP contribution >= 0.6 is 0 Å². The van der Waals surface area contributed by atoms with Crippen LogP contribution in [0.4, 0.5) is 0 Å². The van der Waals surface area contributed by atoms with Crippen molar-refractivity contribution in [3.63, 3.8) is 0 Å². The highest BCUT2D eigenvalue weighted by Crippen LogP contribution is 2.20. The molecule has 2 heterocycles. The maximum atomic E-state index is 11.8. The molecular formula is C20H22N4O3. The summed E-state index contributed by atoms with van der Waals surface area (Å²) in [5.41, 5.74) is 1.55. The van der Waals surface area contributed by atoms with E-state index in [0.717, 1.165) is 5.56 Å². The Labute approximate surface area is 157 Å². The second kappa shape index (κ2) is 8.44. The number of rotatable bonds is 7. The van der Waals surface area contributed by atoms with Crippen molar-refractivity contribution >= 4 is 0 Å². The van der Waals surface area contributed by atoms with Gasteiger partial charge in [-0.15, -0.1) is 0 Å². The van der Waals surface area contributed by atoms with Crippen LogP contribution in [-0.4, -0.2) is 26.1 Å². The van der Waals surface area contributed by atoms with Gasteiger partial charge in [-0.3, -0.25) is 4.79 Å². The van der Waals surface area contributed by atoms with E-state index in [1.165, 1.54) is 0 Å². The van der Waals surface area contributed by atoms with Gasteiger partial charge < -0.3 is 14.0 Å². The molecule has 0 bridgehead atoms. The molecule has 7 nitrogen and oxygen atoms in total. The number of aromatic nitrogens is 4. The first kappa shape index (κ1) is 18.6. The van der Waals surface area contributed by atoms with Gasteiger partial charge in [0.15, 0.2) is 5.75 Å². The highest BCUT2D eigenvalue weighted by molar-refractivity contribution is 5.31. The van der Waals surface area contributed by atoms with Crippen molar-refractivity contribution in [3.05, 3.63) is 70.2 Å². The number of hydrogen-bond acceptors (Lipinski definition) is 6. The molecule has 2 aromatic heterocycles. The first-order chi connectivity index (χ1) is 13.0. The summed E-state index contributed by atoms with van der Waals surface area (Å²) in [6, 6.07) is 8.05. The average Bonchev–Trinajstić information content (AvgIpc) is 2.67. The molecule has 0 aliphatic heterocycles. The fraction of sp³-hybridized carbons (Fsp3) is 0.300. The van der Waals surface area contributed by atoms with Gasteiger partial charge in [0.05, 0.1) is 19.0 Å². The van der Waals surface area contributed by atoms with E-state index in [9.17, 15) is 4.79 Å². The van der Waals surface area contributed by atoms with E-state index < -0.39 is 0 Å². The summed E-state index contributed by atoms with van der Waals surface area (Å²) in [6.07, 6.45) is 6.41. The van der Waals surface area contributed by atoms with E-state index in [1.807, 2.05) is 45.2 Å². The molecule has 3 rings (SSSR count). The molecule has 7 heteroatoms. The first-order valence-electron chi connectivity index (χ1n) is 8.80. The summed E-state index contributed by atoms with van der Waals surface area (Å²) >= 11 is 0. The van der Waals surface area contributed by atoms with Crippen LogP contribution in [0.5, 0.6) is 17.5 Å². The van der Waals surface area contributed by atoms with Gasteiger partial charge in [0, 0.05) is 25.2 Å². The van der Waals surface area contributed by atoms with Gasteiger partial charge in [0.25, 0.3) is 11.6 Å². The fourth-order valence-corrected chi connectivity index (χ4v) is 2.51. The maximum absolute atomic E-state index is 11.8. The molecule has 0 fully saturated rings. The summed E-state index contributed by atoms with van der Waals surface area (Å²) in [6.45, 7) is 4.18. The molecule has 0 spiro atoms. The van der Waals surface area contributed by atoms with Crippen molar-refractivity contribution in [2.45, 2.75) is 26.7 Å². The highest BCUT2D eigenvalue weighted by Gasteiger charge is 2.06. The summed E-state index contributed by atoms with van der Waals surface area (Å²) in [4.78, 5) is 24.0. The predicted molar refractivity (Wildman–Crippen MR) is 101 cm³/mol. The summed E-state index contributed by atoms with van der Waals surface area (Å²) < 4.78 is 13.1. The van der Waals surface area contributed by atoms with Gasteiger partial charge in [-0.2, -0.15) is 4.98 Å². The van der Waals surface area contributed by atoms with Crippen molar-refractivity contribution in [3.8, 4) is 17.5 Å². The largest absolute Gasteiger partial charge is 0.464 e. The molecule has 3 aromatic rings. The quantitative estimate of drug-likeness (QED) is 0.640. The number of ether oxygens (including phenoxy) is 2. The molecule has 0 unspecified atom stereocenters. The standard InChI is InChI=1S/C20H22N4O3/c1-4-16-13-24(3)20(23-19(16)25)26-10-9-15-5-7-17(8-6-15)27-18-11-21-14(2)22-12-18/h5-8,11-13H,4,9-10H2,1-3H3. The third kappa shape index (κ3) is 4.91. The molecular weight excluding hydrogens is 344 g/mol. The molecule has 27 heavy (non-hydrogen) atoms. The first-order valence-corrected chi connectivity index (χ1v) is 8.80. The number of nitrogens with zero attached hydrogens (tertiary/aromatic N) is 4. The Bertz CT molecular complexity index is 950. The third-order valence-corrected chi connectivity index (χ3v) is 4.04. The Morgan fingerprint density at radius 2 is 1.78 bits per heavy atom. The van der Waals surface area contributed by atoms with Crippen molar-refractivity contribution in [1.29, 1.82) is 0 Å². The molecule has 0 saturated heterocycles. The minimum atomic E-state index is -0.229. The lowest BCUT2D eigenvalue weighted by atomic mass is 10.1. The molecule has 0 N–H and O–H groups in total. The highest BCUT2D eigenvalue weighted by atomic mass is 16.5. The molecule has 0 aliphatic carbocycles. The van der Waals surface area contributed by atoms with Crippen molar-refractivity contribution in [2.24, 2.45) is 7.05 Å². The fourth-order valence-electron chi connectivity index (χ4n) is 2.51. The Hall–Kier alpha value is -3.22. The Kier molecular flexibility index (Phi) is 5.80. The van der Waals surface area contributed by atoms with Crippen molar-refractivity contribution in [1.82, 2.24) is 19.5 Å². The van der Waals surface area contributed by atoms with E-state index in [2.05, 4.69) is 15.0 Å². The van der Waals surface area contributed by atoms with Crippen LogP contribution in [0.3, 0.4) is 0 Å². The van der Waals surface area contributed by atoms with Crippen molar-refractivity contribution < 1.29 is 9.47 Å². The normalized spacial score (nSPS) is 10.6. The zero-order valence-electron chi connectivity index (χ0n) is 15.7. The van der Waals surface area contributed by atoms with Gasteiger partial charge in [-0.05, 0) is 31.0 Å². The second-order valence-electron chi connectivity index (χ2n) is 6.13. The lowest BCUT2D eigenvalue weighted by Gasteiger charge is -2.10. The SMILES string of the molecule is CCc1cn(C)c(OCCc2ccc(Oc3cnc(C)nc3)cc2)nc1=O. The zero-order valence-corrected chi connectivity index (χ0v) is 15.7. The van der Waals surface area contributed by atoms with Gasteiger partial charge in [0.1, 0.15) is 11.6 Å². The summed E-state index contributed by atoms with van der Waals surface area (Å²) in [5, 5.41) is 0. The smallest absolute Gasteiger partial charge is 0.299 e. The van der Waals surface area contributed by atoms with Crippen molar-refractivity contribution in [2.75, 3.05) is 6.61 Å². The van der Waals surface area contributed by atoms with Gasteiger partial charge in [-0.1, -0.05) is 19.1 Å². The minimum absolute atomic E-state index is 0.229. The number of hydrogen-bond donors (Lipinski definition) is 0. The average molecular weight is 366 g/mol. The predicted octanol–water partition coefficient (Wildman–Crippen LogP) is 2.85. The van der Waals surface area contributed by atoms with Crippen LogP contribution in [0.2, 0.25) is 0 Å². The van der Waals surface area contributed by atoms with Crippen LogP contribution in [0.15, 0.2) is 47.7 Å². The molecule has 0 aliphatic rings. The Morgan fingerprint density at radius 1 is 1.07 bits per heavy atom. The number of benzene rings is 1.